The van der Waals surface area contributed by atoms with Gasteiger partial charge in [-0.25, -0.2) is 8.78 Å². The maximum Gasteiger partial charge on any atom is 0.150 e. The first-order chi connectivity index (χ1) is 11.2. The molecule has 0 amide bonds. The topological polar surface area (TPSA) is 15.7 Å². The molecule has 0 radical (unpaired) electrons. The lowest BCUT2D eigenvalue weighted by molar-refractivity contribution is 0.159. The Morgan fingerprint density at radius 1 is 1.00 bits per heavy atom. The number of nitrogens with zero attached hydrogens (tertiary/aromatic N) is 2. The molecule has 3 rings (SSSR count). The molecule has 1 heterocycles. The van der Waals surface area contributed by atoms with E-state index in [1.54, 1.807) is 4.31 Å². The lowest BCUT2D eigenvalue weighted by atomic mass is 10.2. The third kappa shape index (κ3) is 3.62. The van der Waals surface area contributed by atoms with Crippen molar-refractivity contribution < 1.29 is 13.5 Å². The van der Waals surface area contributed by atoms with Crippen molar-refractivity contribution in [2.75, 3.05) is 33.7 Å². The van der Waals surface area contributed by atoms with Crippen LogP contribution in [0.2, 0.25) is 0 Å². The molecule has 0 saturated heterocycles. The van der Waals surface area contributed by atoms with E-state index < -0.39 is 11.6 Å². The highest BCUT2D eigenvalue weighted by Gasteiger charge is 2.29. The van der Waals surface area contributed by atoms with Crippen LogP contribution in [-0.2, 0) is 4.74 Å². The highest BCUT2D eigenvalue weighted by Crippen LogP contribution is 2.49. The number of alkyl halides is 1. The molecule has 0 fully saturated rings. The number of rotatable bonds is 6. The van der Waals surface area contributed by atoms with Gasteiger partial charge in [-0.1, -0.05) is 28.1 Å². The van der Waals surface area contributed by atoms with Crippen molar-refractivity contribution in [3.05, 3.63) is 54.1 Å². The maximum atomic E-state index is 14.1. The standard InChI is InChI=1S/C16H15BrF2N2OS/c17-7-9-22-10-8-20-15-3-1-2-4-16(15)21(23-20)14-6-5-12(18)11-13(14)19/h1-6,11H,7-10H2. The molecule has 1 aliphatic heterocycles. The van der Waals surface area contributed by atoms with Gasteiger partial charge in [-0.2, -0.15) is 0 Å². The molecule has 3 nitrogen and oxygen atoms in total. The summed E-state index contributed by atoms with van der Waals surface area (Å²) < 4.78 is 36.6. The van der Waals surface area contributed by atoms with Gasteiger partial charge >= 0.3 is 0 Å². The van der Waals surface area contributed by atoms with E-state index >= 15 is 0 Å². The minimum absolute atomic E-state index is 0.340. The summed E-state index contributed by atoms with van der Waals surface area (Å²) in [6.07, 6.45) is 0. The molecule has 0 spiro atoms. The zero-order valence-corrected chi connectivity index (χ0v) is 14.6. The van der Waals surface area contributed by atoms with Crippen LogP contribution in [0.1, 0.15) is 0 Å². The van der Waals surface area contributed by atoms with Gasteiger partial charge in [-0.15, -0.1) is 0 Å². The minimum atomic E-state index is -0.580. The molecule has 0 aromatic heterocycles. The molecule has 0 atom stereocenters. The number of hydrogen-bond donors (Lipinski definition) is 0. The summed E-state index contributed by atoms with van der Waals surface area (Å²) in [5.74, 6) is -1.16. The third-order valence-electron chi connectivity index (χ3n) is 3.34. The van der Waals surface area contributed by atoms with Gasteiger partial charge in [-0.3, -0.25) is 8.61 Å². The van der Waals surface area contributed by atoms with Crippen LogP contribution < -0.4 is 8.61 Å². The van der Waals surface area contributed by atoms with Crippen LogP contribution >= 0.6 is 28.1 Å². The summed E-state index contributed by atoms with van der Waals surface area (Å²) in [5, 5.41) is 0.795. The Morgan fingerprint density at radius 3 is 2.52 bits per heavy atom. The summed E-state index contributed by atoms with van der Waals surface area (Å²) in [6.45, 7) is 1.90. The normalized spacial score (nSPS) is 13.5. The molecule has 0 N–H and O–H groups in total. The van der Waals surface area contributed by atoms with Gasteiger partial charge in [0.05, 0.1) is 49.0 Å². The van der Waals surface area contributed by atoms with E-state index in [0.29, 0.717) is 25.4 Å². The van der Waals surface area contributed by atoms with Gasteiger partial charge in [0.2, 0.25) is 0 Å². The molecule has 122 valence electrons. The average Bonchev–Trinajstić information content (AvgIpc) is 2.91. The Balaban J connectivity index is 1.83. The summed E-state index contributed by atoms with van der Waals surface area (Å²) in [6, 6.07) is 11.4. The van der Waals surface area contributed by atoms with Crippen LogP contribution in [0.3, 0.4) is 0 Å². The van der Waals surface area contributed by atoms with Crippen molar-refractivity contribution in [1.82, 2.24) is 0 Å². The molecule has 7 heteroatoms. The first kappa shape index (κ1) is 16.5. The fraction of sp³-hybridized carbons (Fsp3) is 0.250. The fourth-order valence-electron chi connectivity index (χ4n) is 2.32. The number of benzene rings is 2. The van der Waals surface area contributed by atoms with E-state index in [-0.39, 0.29) is 0 Å². The monoisotopic (exact) mass is 400 g/mol. The van der Waals surface area contributed by atoms with Crippen molar-refractivity contribution in [1.29, 1.82) is 0 Å². The summed E-state index contributed by atoms with van der Waals surface area (Å²) >= 11 is 4.70. The predicted molar refractivity (Wildman–Crippen MR) is 94.5 cm³/mol. The van der Waals surface area contributed by atoms with E-state index in [9.17, 15) is 8.78 Å². The average molecular weight is 401 g/mol. The van der Waals surface area contributed by atoms with Crippen molar-refractivity contribution in [3.8, 4) is 0 Å². The van der Waals surface area contributed by atoms with Crippen molar-refractivity contribution in [3.63, 3.8) is 0 Å². The molecule has 2 aromatic rings. The predicted octanol–water partition coefficient (Wildman–Crippen LogP) is 4.90. The number of ether oxygens (including phenoxy) is 1. The molecular formula is C16H15BrF2N2OS. The molecule has 0 unspecified atom stereocenters. The van der Waals surface area contributed by atoms with Gasteiger partial charge in [0.15, 0.2) is 5.82 Å². The van der Waals surface area contributed by atoms with E-state index in [1.165, 1.54) is 24.3 Å². The summed E-state index contributed by atoms with van der Waals surface area (Å²) in [5.41, 5.74) is 2.21. The first-order valence-electron chi connectivity index (χ1n) is 7.14. The lowest BCUT2D eigenvalue weighted by Gasteiger charge is -2.20. The molecule has 23 heavy (non-hydrogen) atoms. The summed E-state index contributed by atoms with van der Waals surface area (Å²) in [7, 11) is 0. The first-order valence-corrected chi connectivity index (χ1v) is 8.99. The van der Waals surface area contributed by atoms with Crippen molar-refractivity contribution in [2.45, 2.75) is 0 Å². The smallest absolute Gasteiger partial charge is 0.150 e. The zero-order valence-electron chi connectivity index (χ0n) is 12.2. The second-order valence-corrected chi connectivity index (χ2v) is 6.63. The van der Waals surface area contributed by atoms with Gasteiger partial charge < -0.3 is 4.74 Å². The molecule has 0 aliphatic carbocycles. The highest BCUT2D eigenvalue weighted by molar-refractivity contribution is 9.09. The Hall–Kier alpha value is -1.31. The van der Waals surface area contributed by atoms with Crippen molar-refractivity contribution >= 4 is 45.1 Å². The van der Waals surface area contributed by atoms with Gasteiger partial charge in [0.1, 0.15) is 5.82 Å². The number of anilines is 3. The number of hydrogen-bond acceptors (Lipinski definition) is 4. The van der Waals surface area contributed by atoms with Crippen LogP contribution in [-0.4, -0.2) is 25.1 Å². The third-order valence-corrected chi connectivity index (χ3v) is 4.79. The summed E-state index contributed by atoms with van der Waals surface area (Å²) in [4.78, 5) is 0. The van der Waals surface area contributed by atoms with Gasteiger partial charge in [0, 0.05) is 11.4 Å². The van der Waals surface area contributed by atoms with E-state index in [0.717, 1.165) is 22.8 Å². The fourth-order valence-corrected chi connectivity index (χ4v) is 3.62. The quantitative estimate of drug-likeness (QED) is 0.389. The van der Waals surface area contributed by atoms with Crippen LogP contribution in [0.5, 0.6) is 0 Å². The SMILES string of the molecule is Fc1ccc(N2SN(CCOCCBr)c3ccccc32)c(F)c1. The van der Waals surface area contributed by atoms with E-state index in [2.05, 4.69) is 15.9 Å². The van der Waals surface area contributed by atoms with Crippen LogP contribution in [0.15, 0.2) is 42.5 Å². The van der Waals surface area contributed by atoms with Crippen LogP contribution in [0.4, 0.5) is 25.8 Å². The largest absolute Gasteiger partial charge is 0.379 e. The molecule has 0 bridgehead atoms. The Kier molecular flexibility index (Phi) is 5.40. The lowest BCUT2D eigenvalue weighted by Crippen LogP contribution is -2.20. The highest BCUT2D eigenvalue weighted by atomic mass is 79.9. The Bertz CT molecular complexity index is 689. The van der Waals surface area contributed by atoms with Gasteiger partial charge in [-0.05, 0) is 24.3 Å². The van der Waals surface area contributed by atoms with Crippen LogP contribution in [0, 0.1) is 11.6 Å². The Labute approximate surface area is 146 Å². The number of fused-ring (bicyclic) bond motifs is 1. The Morgan fingerprint density at radius 2 is 1.78 bits per heavy atom. The molecule has 2 aromatic carbocycles. The molecule has 0 saturated carbocycles. The second-order valence-electron chi connectivity index (χ2n) is 4.86. The van der Waals surface area contributed by atoms with E-state index in [1.807, 2.05) is 28.6 Å². The maximum absolute atomic E-state index is 14.1. The van der Waals surface area contributed by atoms with Crippen molar-refractivity contribution in [2.24, 2.45) is 0 Å². The number of halogens is 3. The zero-order chi connectivity index (χ0) is 16.2. The van der Waals surface area contributed by atoms with Gasteiger partial charge in [0.25, 0.3) is 0 Å². The number of para-hydroxylation sites is 2. The van der Waals surface area contributed by atoms with E-state index in [4.69, 9.17) is 4.74 Å². The molecular weight excluding hydrogens is 386 g/mol. The second kappa shape index (κ2) is 7.51. The van der Waals surface area contributed by atoms with Crippen LogP contribution in [0.25, 0.3) is 0 Å². The molecule has 1 aliphatic rings. The minimum Gasteiger partial charge on any atom is -0.379 e.